The summed E-state index contributed by atoms with van der Waals surface area (Å²) in [5.74, 6) is 0. The summed E-state index contributed by atoms with van der Waals surface area (Å²) in [7, 11) is 0. The average Bonchev–Trinajstić information content (AvgIpc) is 3.19. The molecule has 5 aliphatic heterocycles. The first-order chi connectivity index (χ1) is 26.5. The maximum absolute atomic E-state index is 11.3. The van der Waals surface area contributed by atoms with Gasteiger partial charge in [0.2, 0.25) is 0 Å². The van der Waals surface area contributed by atoms with Gasteiger partial charge in [0.25, 0.3) is 0 Å². The van der Waals surface area contributed by atoms with Crippen LogP contribution in [0.2, 0.25) is 0 Å². The van der Waals surface area contributed by atoms with E-state index in [1.54, 1.807) is 0 Å². The van der Waals surface area contributed by atoms with Gasteiger partial charge in [-0.05, 0) is 0 Å². The molecular weight excluding hydrogens is 776 g/mol. The van der Waals surface area contributed by atoms with Crippen molar-refractivity contribution in [3.05, 3.63) is 0 Å². The molecule has 0 saturated carbocycles. The van der Waals surface area contributed by atoms with Gasteiger partial charge in [-0.3, -0.25) is 0 Å². The third-order valence-corrected chi connectivity index (χ3v) is 10.3. The normalized spacial score (nSPS) is 53.2. The summed E-state index contributed by atoms with van der Waals surface area (Å²) < 4.78 is 50.2. The number of ether oxygens (including phenoxy) is 9. The van der Waals surface area contributed by atoms with Crippen molar-refractivity contribution in [1.82, 2.24) is 0 Å². The van der Waals surface area contributed by atoms with Crippen LogP contribution in [0.3, 0.4) is 0 Å². The van der Waals surface area contributed by atoms with Gasteiger partial charge in [-0.2, -0.15) is 0 Å². The van der Waals surface area contributed by atoms with Crippen molar-refractivity contribution in [2.45, 2.75) is 154 Å². The SMILES string of the molecule is OCC1O[C@H](O[C@H]2C(O)[C@H](O)C(CO)O[C@@H]2O[C@H]2C(O)[C@H](O)C(CO)O[C@@H]2O[C@H]2C(O)[C@H](O)C(CO)O[C@@H]2O[C@H]2C(O)[C@H](O)C(CO)O[C@H]2O)[C@@H](O)C(O)[C@@H]1O. The zero-order valence-corrected chi connectivity index (χ0v) is 29.2. The Morgan fingerprint density at radius 2 is 0.518 bits per heavy atom. The van der Waals surface area contributed by atoms with Gasteiger partial charge >= 0.3 is 0 Å². The number of hydrogen-bond acceptors (Lipinski definition) is 26. The lowest BCUT2D eigenvalue weighted by atomic mass is 9.95. The Morgan fingerprint density at radius 3 is 0.857 bits per heavy atom. The molecule has 0 aromatic heterocycles. The topological polar surface area (TPSA) is 427 Å². The average molecular weight is 829 g/mol. The summed E-state index contributed by atoms with van der Waals surface area (Å²) in [6.07, 6.45) is -48.2. The Balaban J connectivity index is 1.45. The highest BCUT2D eigenvalue weighted by Gasteiger charge is 2.57. The van der Waals surface area contributed by atoms with Gasteiger partial charge in [-0.1, -0.05) is 0 Å². The van der Waals surface area contributed by atoms with Gasteiger partial charge in [0.15, 0.2) is 31.5 Å². The Morgan fingerprint density at radius 1 is 0.268 bits per heavy atom. The van der Waals surface area contributed by atoms with E-state index in [-0.39, 0.29) is 0 Å². The van der Waals surface area contributed by atoms with Crippen LogP contribution in [0.4, 0.5) is 0 Å². The van der Waals surface area contributed by atoms with Crippen molar-refractivity contribution in [2.75, 3.05) is 33.0 Å². The second-order valence-electron chi connectivity index (χ2n) is 13.9. The highest BCUT2D eigenvalue weighted by Crippen LogP contribution is 2.36. The van der Waals surface area contributed by atoms with E-state index in [0.717, 1.165) is 0 Å². The fourth-order valence-corrected chi connectivity index (χ4v) is 6.95. The maximum atomic E-state index is 11.3. The van der Waals surface area contributed by atoms with E-state index < -0.39 is 187 Å². The van der Waals surface area contributed by atoms with Crippen LogP contribution < -0.4 is 0 Å². The molecule has 10 unspecified atom stereocenters. The first-order valence-electron chi connectivity index (χ1n) is 17.6. The number of aliphatic hydroxyl groups excluding tert-OH is 17. The smallest absolute Gasteiger partial charge is 0.187 e. The van der Waals surface area contributed by atoms with Gasteiger partial charge in [-0.25, -0.2) is 0 Å². The van der Waals surface area contributed by atoms with Crippen LogP contribution >= 0.6 is 0 Å². The Kier molecular flexibility index (Phi) is 16.1. The Labute approximate surface area is 316 Å². The van der Waals surface area contributed by atoms with Crippen LogP contribution in [0.15, 0.2) is 0 Å². The molecule has 5 saturated heterocycles. The minimum absolute atomic E-state index is 0.833. The zero-order chi connectivity index (χ0) is 41.3. The first kappa shape index (κ1) is 46.0. The summed E-state index contributed by atoms with van der Waals surface area (Å²) in [4.78, 5) is 0. The third kappa shape index (κ3) is 9.16. The molecule has 5 rings (SSSR count). The van der Waals surface area contributed by atoms with Crippen molar-refractivity contribution in [2.24, 2.45) is 0 Å². The molecule has 0 aromatic rings. The highest BCUT2D eigenvalue weighted by atomic mass is 16.8. The van der Waals surface area contributed by atoms with Crippen LogP contribution in [-0.4, -0.2) is 273 Å². The molecule has 5 aliphatic rings. The molecule has 26 heteroatoms. The summed E-state index contributed by atoms with van der Waals surface area (Å²) in [5, 5.41) is 177. The molecule has 0 spiro atoms. The summed E-state index contributed by atoms with van der Waals surface area (Å²) in [6.45, 7) is -4.60. The molecule has 26 nitrogen and oxygen atoms in total. The Hall–Kier alpha value is -1.04. The van der Waals surface area contributed by atoms with E-state index >= 15 is 0 Å². The van der Waals surface area contributed by atoms with Crippen molar-refractivity contribution >= 4 is 0 Å². The minimum atomic E-state index is -2.16. The van der Waals surface area contributed by atoms with Crippen LogP contribution in [0.1, 0.15) is 0 Å². The number of hydrogen-bond donors (Lipinski definition) is 17. The van der Waals surface area contributed by atoms with Crippen LogP contribution in [0.25, 0.3) is 0 Å². The predicted octanol–water partition coefficient (Wildman–Crippen LogP) is -11.9. The standard InChI is InChI=1S/C30H52O26/c31-1-6-12(37)17(42)22(26(47)48-6)53-28-24(19(44)14(39)8(3-33)50-28)55-30-25(20(45)15(40)10(5-35)52-30)56-29-23(18(43)13(38)9(4-34)51-29)54-27-21(46)16(41)11(36)7(2-32)49-27/h6-47H,1-5H2/t6?,7?,8?,9?,10?,11-,12-,13-,14-,15-,16?,17?,18?,19?,20?,21+,22+,23+,24+,25+,26-,27-,28-,29-,30-/m1/s1. The second kappa shape index (κ2) is 19.6. The van der Waals surface area contributed by atoms with Crippen molar-refractivity contribution < 1.29 is 129 Å². The van der Waals surface area contributed by atoms with Crippen molar-refractivity contribution in [1.29, 1.82) is 0 Å². The van der Waals surface area contributed by atoms with Gasteiger partial charge in [0.1, 0.15) is 122 Å². The van der Waals surface area contributed by atoms with Crippen LogP contribution in [-0.2, 0) is 42.6 Å². The molecule has 0 radical (unpaired) electrons. The molecule has 5 heterocycles. The van der Waals surface area contributed by atoms with E-state index in [0.29, 0.717) is 0 Å². The number of rotatable bonds is 13. The maximum Gasteiger partial charge on any atom is 0.187 e. The highest BCUT2D eigenvalue weighted by molar-refractivity contribution is 4.98. The lowest BCUT2D eigenvalue weighted by Crippen LogP contribution is -2.68. The number of aliphatic hydroxyl groups is 17. The lowest BCUT2D eigenvalue weighted by molar-refractivity contribution is -0.412. The van der Waals surface area contributed by atoms with Crippen LogP contribution in [0, 0.1) is 0 Å². The van der Waals surface area contributed by atoms with Crippen molar-refractivity contribution in [3.63, 3.8) is 0 Å². The van der Waals surface area contributed by atoms with Gasteiger partial charge in [0, 0.05) is 0 Å². The molecule has 17 N–H and O–H groups in total. The molecule has 25 atom stereocenters. The minimum Gasteiger partial charge on any atom is -0.394 e. The quantitative estimate of drug-likeness (QED) is 0.0819. The fourth-order valence-electron chi connectivity index (χ4n) is 6.95. The van der Waals surface area contributed by atoms with E-state index in [4.69, 9.17) is 42.6 Å². The molecule has 0 amide bonds. The molecule has 0 bridgehead atoms. The van der Waals surface area contributed by atoms with Crippen molar-refractivity contribution in [3.8, 4) is 0 Å². The van der Waals surface area contributed by atoms with Gasteiger partial charge < -0.3 is 129 Å². The molecular formula is C30H52O26. The molecule has 0 aliphatic carbocycles. The first-order valence-corrected chi connectivity index (χ1v) is 17.6. The largest absolute Gasteiger partial charge is 0.394 e. The monoisotopic (exact) mass is 828 g/mol. The molecule has 56 heavy (non-hydrogen) atoms. The Bertz CT molecular complexity index is 1210. The van der Waals surface area contributed by atoms with E-state index in [2.05, 4.69) is 0 Å². The fraction of sp³-hybridized carbons (Fsp3) is 1.00. The van der Waals surface area contributed by atoms with E-state index in [9.17, 15) is 86.8 Å². The summed E-state index contributed by atoms with van der Waals surface area (Å²) in [5.41, 5.74) is 0. The molecule has 0 aromatic carbocycles. The summed E-state index contributed by atoms with van der Waals surface area (Å²) >= 11 is 0. The third-order valence-electron chi connectivity index (χ3n) is 10.3. The second-order valence-corrected chi connectivity index (χ2v) is 13.9. The van der Waals surface area contributed by atoms with E-state index in [1.807, 2.05) is 0 Å². The predicted molar refractivity (Wildman–Crippen MR) is 167 cm³/mol. The van der Waals surface area contributed by atoms with Gasteiger partial charge in [0.05, 0.1) is 33.0 Å². The van der Waals surface area contributed by atoms with E-state index in [1.165, 1.54) is 0 Å². The van der Waals surface area contributed by atoms with Gasteiger partial charge in [-0.15, -0.1) is 0 Å². The molecule has 5 fully saturated rings. The molecule has 328 valence electrons. The van der Waals surface area contributed by atoms with Crippen LogP contribution in [0.5, 0.6) is 0 Å². The zero-order valence-electron chi connectivity index (χ0n) is 29.2. The lowest BCUT2D eigenvalue weighted by Gasteiger charge is -2.50. The summed E-state index contributed by atoms with van der Waals surface area (Å²) in [6, 6.07) is 0.